The molecule has 22 heavy (non-hydrogen) atoms. The molecule has 0 amide bonds. The number of aliphatic imine (C=N–C) groups is 1. The zero-order valence-electron chi connectivity index (χ0n) is 14.1. The van der Waals surface area contributed by atoms with Gasteiger partial charge in [-0.1, -0.05) is 6.92 Å². The van der Waals surface area contributed by atoms with Crippen molar-refractivity contribution >= 4 is 35.9 Å². The summed E-state index contributed by atoms with van der Waals surface area (Å²) in [6.07, 6.45) is 3.31. The number of halogens is 1. The summed E-state index contributed by atoms with van der Waals surface area (Å²) in [4.78, 5) is 18.2. The summed E-state index contributed by atoms with van der Waals surface area (Å²) in [5, 5.41) is 3.37. The number of methoxy groups -OCH3 is 2. The summed E-state index contributed by atoms with van der Waals surface area (Å²) >= 11 is 0. The van der Waals surface area contributed by atoms with Gasteiger partial charge in [0.1, 0.15) is 0 Å². The van der Waals surface area contributed by atoms with E-state index in [0.717, 1.165) is 44.9 Å². The molecule has 2 atom stereocenters. The van der Waals surface area contributed by atoms with Crippen LogP contribution in [-0.4, -0.2) is 64.3 Å². The average molecular weight is 427 g/mol. The zero-order valence-corrected chi connectivity index (χ0v) is 16.5. The highest BCUT2D eigenvalue weighted by molar-refractivity contribution is 14.0. The van der Waals surface area contributed by atoms with Crippen LogP contribution >= 0.6 is 24.0 Å². The van der Waals surface area contributed by atoms with Crippen molar-refractivity contribution in [3.63, 3.8) is 0 Å². The van der Waals surface area contributed by atoms with Crippen molar-refractivity contribution in [1.29, 1.82) is 0 Å². The summed E-state index contributed by atoms with van der Waals surface area (Å²) in [6.45, 7) is 5.31. The first kappa shape index (κ1) is 21.4. The van der Waals surface area contributed by atoms with Crippen molar-refractivity contribution in [3.8, 4) is 0 Å². The Hall–Kier alpha value is -0.570. The van der Waals surface area contributed by atoms with E-state index in [1.807, 2.05) is 0 Å². The first-order valence-electron chi connectivity index (χ1n) is 7.66. The second-order valence-electron chi connectivity index (χ2n) is 5.54. The zero-order chi connectivity index (χ0) is 15.7. The Balaban J connectivity index is 0.00000441. The van der Waals surface area contributed by atoms with Crippen LogP contribution in [0, 0.1) is 11.8 Å². The van der Waals surface area contributed by atoms with Gasteiger partial charge in [0.05, 0.1) is 13.0 Å². The molecule has 1 aliphatic rings. The highest BCUT2D eigenvalue weighted by atomic mass is 127. The van der Waals surface area contributed by atoms with Crippen molar-refractivity contribution < 1.29 is 14.3 Å². The first-order chi connectivity index (χ1) is 10.1. The van der Waals surface area contributed by atoms with Crippen LogP contribution in [0.4, 0.5) is 0 Å². The molecule has 1 N–H and O–H groups in total. The SMILES string of the molecule is CN=C(NCCCCCOC)N1CC(C)C(C(=O)OC)C1.I. The first-order valence-corrected chi connectivity index (χ1v) is 7.66. The van der Waals surface area contributed by atoms with Crippen LogP contribution in [0.15, 0.2) is 4.99 Å². The molecule has 1 rings (SSSR count). The summed E-state index contributed by atoms with van der Waals surface area (Å²) in [7, 11) is 4.96. The van der Waals surface area contributed by atoms with E-state index in [1.54, 1.807) is 14.2 Å². The van der Waals surface area contributed by atoms with E-state index in [9.17, 15) is 4.79 Å². The second-order valence-corrected chi connectivity index (χ2v) is 5.54. The van der Waals surface area contributed by atoms with Crippen LogP contribution in [-0.2, 0) is 14.3 Å². The van der Waals surface area contributed by atoms with Crippen molar-refractivity contribution in [2.45, 2.75) is 26.2 Å². The van der Waals surface area contributed by atoms with Gasteiger partial charge in [-0.2, -0.15) is 0 Å². The van der Waals surface area contributed by atoms with Crippen LogP contribution in [0.25, 0.3) is 0 Å². The van der Waals surface area contributed by atoms with Crippen LogP contribution in [0.3, 0.4) is 0 Å². The fourth-order valence-corrected chi connectivity index (χ4v) is 2.68. The van der Waals surface area contributed by atoms with E-state index in [1.165, 1.54) is 7.11 Å². The third kappa shape index (κ3) is 6.68. The molecule has 1 aliphatic heterocycles. The molecule has 0 bridgehead atoms. The third-order valence-electron chi connectivity index (χ3n) is 3.94. The Morgan fingerprint density at radius 3 is 2.59 bits per heavy atom. The maximum Gasteiger partial charge on any atom is 0.310 e. The quantitative estimate of drug-likeness (QED) is 0.221. The van der Waals surface area contributed by atoms with E-state index in [0.29, 0.717) is 6.54 Å². The van der Waals surface area contributed by atoms with Crippen LogP contribution < -0.4 is 5.32 Å². The number of carbonyl (C=O) groups is 1. The molecule has 130 valence electrons. The minimum Gasteiger partial charge on any atom is -0.469 e. The summed E-state index contributed by atoms with van der Waals surface area (Å²) < 4.78 is 9.90. The molecule has 1 fully saturated rings. The van der Waals surface area contributed by atoms with Crippen molar-refractivity contribution in [2.24, 2.45) is 16.8 Å². The number of guanidine groups is 1. The van der Waals surface area contributed by atoms with Crippen LogP contribution in [0.2, 0.25) is 0 Å². The summed E-state index contributed by atoms with van der Waals surface area (Å²) in [5.41, 5.74) is 0. The van der Waals surface area contributed by atoms with Crippen LogP contribution in [0.1, 0.15) is 26.2 Å². The molecule has 0 aliphatic carbocycles. The molecule has 0 aromatic rings. The van der Waals surface area contributed by atoms with Gasteiger partial charge in [0.15, 0.2) is 5.96 Å². The van der Waals surface area contributed by atoms with Gasteiger partial charge in [-0.15, -0.1) is 24.0 Å². The number of hydrogen-bond donors (Lipinski definition) is 1. The van der Waals surface area contributed by atoms with Gasteiger partial charge in [-0.05, 0) is 25.2 Å². The molecule has 0 aromatic heterocycles. The Kier molecular flexibility index (Phi) is 11.6. The molecule has 2 unspecified atom stereocenters. The lowest BCUT2D eigenvalue weighted by Gasteiger charge is -2.21. The molecule has 6 nitrogen and oxygen atoms in total. The monoisotopic (exact) mass is 427 g/mol. The largest absolute Gasteiger partial charge is 0.469 e. The Bertz CT molecular complexity index is 353. The van der Waals surface area contributed by atoms with E-state index in [4.69, 9.17) is 9.47 Å². The maximum atomic E-state index is 11.7. The molecule has 0 radical (unpaired) electrons. The molecule has 0 saturated carbocycles. The smallest absolute Gasteiger partial charge is 0.310 e. The standard InChI is InChI=1S/C15H29N3O3.HI/c1-12-10-18(11-13(12)14(19)21-4)15(16-2)17-8-6-5-7-9-20-3;/h12-13H,5-11H2,1-4H3,(H,16,17);1H. The minimum atomic E-state index is -0.125. The van der Waals surface area contributed by atoms with Gasteiger partial charge in [-0.3, -0.25) is 9.79 Å². The number of ether oxygens (including phenoxy) is 2. The number of unbranched alkanes of at least 4 members (excludes halogenated alkanes) is 2. The summed E-state index contributed by atoms with van der Waals surface area (Å²) in [6, 6.07) is 0. The fraction of sp³-hybridized carbons (Fsp3) is 0.867. The Morgan fingerprint density at radius 2 is 2.00 bits per heavy atom. The minimum absolute atomic E-state index is 0. The lowest BCUT2D eigenvalue weighted by atomic mass is 9.99. The highest BCUT2D eigenvalue weighted by Crippen LogP contribution is 2.23. The molecule has 0 spiro atoms. The predicted molar refractivity (Wildman–Crippen MR) is 98.7 cm³/mol. The number of rotatable bonds is 7. The third-order valence-corrected chi connectivity index (χ3v) is 3.94. The number of carbonyl (C=O) groups excluding carboxylic acids is 1. The van der Waals surface area contributed by atoms with E-state index in [2.05, 4.69) is 22.1 Å². The normalized spacial score (nSPS) is 21.5. The van der Waals surface area contributed by atoms with Crippen molar-refractivity contribution in [2.75, 3.05) is 47.5 Å². The number of likely N-dealkylation sites (tertiary alicyclic amines) is 1. The van der Waals surface area contributed by atoms with Crippen molar-refractivity contribution in [1.82, 2.24) is 10.2 Å². The van der Waals surface area contributed by atoms with Gasteiger partial charge in [0.2, 0.25) is 0 Å². The fourth-order valence-electron chi connectivity index (χ4n) is 2.68. The van der Waals surface area contributed by atoms with E-state index < -0.39 is 0 Å². The Labute approximate surface area is 151 Å². The van der Waals surface area contributed by atoms with Gasteiger partial charge >= 0.3 is 5.97 Å². The molecular weight excluding hydrogens is 397 g/mol. The molecule has 0 aromatic carbocycles. The lowest BCUT2D eigenvalue weighted by molar-refractivity contribution is -0.145. The second kappa shape index (κ2) is 11.9. The molecule has 1 saturated heterocycles. The summed E-state index contributed by atoms with van der Waals surface area (Å²) in [5.74, 6) is 0.980. The average Bonchev–Trinajstić information content (AvgIpc) is 2.87. The predicted octanol–water partition coefficient (Wildman–Crippen LogP) is 1.74. The van der Waals surface area contributed by atoms with Crippen molar-refractivity contribution in [3.05, 3.63) is 0 Å². The van der Waals surface area contributed by atoms with Gasteiger partial charge < -0.3 is 19.7 Å². The molecular formula is C15H30IN3O3. The lowest BCUT2D eigenvalue weighted by Crippen LogP contribution is -2.41. The van der Waals surface area contributed by atoms with Gasteiger partial charge in [0, 0.05) is 40.4 Å². The maximum absolute atomic E-state index is 11.7. The number of esters is 1. The van der Waals surface area contributed by atoms with E-state index >= 15 is 0 Å². The highest BCUT2D eigenvalue weighted by Gasteiger charge is 2.36. The number of nitrogens with one attached hydrogen (secondary N) is 1. The topological polar surface area (TPSA) is 63.2 Å². The number of hydrogen-bond acceptors (Lipinski definition) is 4. The van der Waals surface area contributed by atoms with Crippen LogP contribution in [0.5, 0.6) is 0 Å². The Morgan fingerprint density at radius 1 is 1.27 bits per heavy atom. The van der Waals surface area contributed by atoms with Gasteiger partial charge in [0.25, 0.3) is 0 Å². The number of nitrogens with zero attached hydrogens (tertiary/aromatic N) is 2. The molecule has 1 heterocycles. The van der Waals surface area contributed by atoms with E-state index in [-0.39, 0.29) is 41.8 Å². The molecule has 7 heteroatoms. The van der Waals surface area contributed by atoms with Gasteiger partial charge in [-0.25, -0.2) is 0 Å².